The molecule has 0 aromatic heterocycles. The van der Waals surface area contributed by atoms with E-state index in [1.54, 1.807) is 0 Å². The molecule has 0 aliphatic heterocycles. The lowest BCUT2D eigenvalue weighted by Gasteiger charge is -2.15. The normalized spacial score (nSPS) is 17.2. The van der Waals surface area contributed by atoms with Crippen molar-refractivity contribution in [2.45, 2.75) is 37.7 Å². The lowest BCUT2D eigenvalue weighted by molar-refractivity contribution is 0.281. The zero-order chi connectivity index (χ0) is 15.0. The Morgan fingerprint density at radius 1 is 1.35 bits per heavy atom. The van der Waals surface area contributed by atoms with E-state index in [-0.39, 0.29) is 27.0 Å². The zero-order valence-corrected chi connectivity index (χ0v) is 13.4. The molecule has 0 unspecified atom stereocenters. The minimum atomic E-state index is -3.73. The average Bonchev–Trinajstić information content (AvgIpc) is 3.19. The summed E-state index contributed by atoms with van der Waals surface area (Å²) in [5.74, 6) is 0. The summed E-state index contributed by atoms with van der Waals surface area (Å²) >= 11 is 11.9. The molecule has 1 fully saturated rings. The minimum Gasteiger partial charge on any atom is -0.392 e. The largest absolute Gasteiger partial charge is 0.392 e. The van der Waals surface area contributed by atoms with Crippen molar-refractivity contribution in [3.05, 3.63) is 27.7 Å². The molecule has 1 aliphatic carbocycles. The summed E-state index contributed by atoms with van der Waals surface area (Å²) in [7, 11) is -3.73. The van der Waals surface area contributed by atoms with Crippen LogP contribution in [0.2, 0.25) is 10.0 Å². The molecule has 1 aromatic rings. The van der Waals surface area contributed by atoms with Crippen LogP contribution in [0.25, 0.3) is 0 Å². The number of benzene rings is 1. The van der Waals surface area contributed by atoms with Crippen molar-refractivity contribution in [2.75, 3.05) is 6.54 Å². The molecule has 0 atom stereocenters. The van der Waals surface area contributed by atoms with Gasteiger partial charge in [-0.05, 0) is 42.4 Å². The molecule has 112 valence electrons. The third kappa shape index (κ3) is 3.28. The van der Waals surface area contributed by atoms with Gasteiger partial charge in [-0.3, -0.25) is 0 Å². The van der Waals surface area contributed by atoms with E-state index in [2.05, 4.69) is 11.6 Å². The smallest absolute Gasteiger partial charge is 0.242 e. The zero-order valence-electron chi connectivity index (χ0n) is 11.1. The van der Waals surface area contributed by atoms with Crippen LogP contribution in [0.15, 0.2) is 17.0 Å². The van der Waals surface area contributed by atoms with Crippen LogP contribution in [-0.2, 0) is 16.6 Å². The first kappa shape index (κ1) is 16.0. The van der Waals surface area contributed by atoms with Crippen LogP contribution in [0.1, 0.15) is 31.7 Å². The number of hydrogen-bond acceptors (Lipinski definition) is 3. The highest BCUT2D eigenvalue weighted by molar-refractivity contribution is 7.89. The molecule has 1 aliphatic rings. The monoisotopic (exact) mass is 337 g/mol. The molecule has 4 nitrogen and oxygen atoms in total. The van der Waals surface area contributed by atoms with E-state index >= 15 is 0 Å². The maximum absolute atomic E-state index is 12.3. The number of nitrogens with one attached hydrogen (secondary N) is 1. The molecule has 0 amide bonds. The molecular formula is C13H17Cl2NO3S. The molecular weight excluding hydrogens is 321 g/mol. The van der Waals surface area contributed by atoms with E-state index in [1.165, 1.54) is 12.1 Å². The summed E-state index contributed by atoms with van der Waals surface area (Å²) in [6, 6.07) is 2.76. The second kappa shape index (κ2) is 5.81. The highest BCUT2D eigenvalue weighted by atomic mass is 35.5. The molecule has 0 spiro atoms. The summed E-state index contributed by atoms with van der Waals surface area (Å²) in [5.41, 5.74) is 0.397. The molecule has 1 saturated carbocycles. The maximum atomic E-state index is 12.3. The van der Waals surface area contributed by atoms with Crippen molar-refractivity contribution < 1.29 is 13.5 Å². The van der Waals surface area contributed by atoms with Crippen LogP contribution in [0.5, 0.6) is 0 Å². The van der Waals surface area contributed by atoms with E-state index < -0.39 is 10.0 Å². The fraction of sp³-hybridized carbons (Fsp3) is 0.538. The molecule has 0 heterocycles. The second-order valence-corrected chi connectivity index (χ2v) is 7.76. The van der Waals surface area contributed by atoms with Crippen LogP contribution in [0, 0.1) is 5.41 Å². The van der Waals surface area contributed by atoms with E-state index in [4.69, 9.17) is 23.2 Å². The second-order valence-electron chi connectivity index (χ2n) is 5.21. The summed E-state index contributed by atoms with van der Waals surface area (Å²) in [6.07, 6.45) is 3.02. The van der Waals surface area contributed by atoms with Gasteiger partial charge in [0.2, 0.25) is 10.0 Å². The first-order valence-corrected chi connectivity index (χ1v) is 8.66. The molecule has 0 bridgehead atoms. The Hall–Kier alpha value is -0.330. The Balaban J connectivity index is 2.27. The molecule has 2 rings (SSSR count). The fourth-order valence-electron chi connectivity index (χ4n) is 2.09. The van der Waals surface area contributed by atoms with Crippen molar-refractivity contribution in [1.29, 1.82) is 0 Å². The maximum Gasteiger partial charge on any atom is 0.242 e. The summed E-state index contributed by atoms with van der Waals surface area (Å²) in [4.78, 5) is -0.0809. The van der Waals surface area contributed by atoms with Crippen LogP contribution in [0.3, 0.4) is 0 Å². The van der Waals surface area contributed by atoms with E-state index in [1.807, 2.05) is 0 Å². The Morgan fingerprint density at radius 3 is 2.50 bits per heavy atom. The highest BCUT2D eigenvalue weighted by Gasteiger charge is 2.41. The first-order chi connectivity index (χ1) is 9.33. The van der Waals surface area contributed by atoms with Crippen LogP contribution >= 0.6 is 23.2 Å². The van der Waals surface area contributed by atoms with Gasteiger partial charge in [-0.1, -0.05) is 30.1 Å². The third-order valence-electron chi connectivity index (χ3n) is 3.88. The highest BCUT2D eigenvalue weighted by Crippen LogP contribution is 2.48. The number of hydrogen-bond donors (Lipinski definition) is 2. The van der Waals surface area contributed by atoms with Crippen molar-refractivity contribution in [2.24, 2.45) is 5.41 Å². The van der Waals surface area contributed by atoms with E-state index in [0.29, 0.717) is 12.1 Å². The van der Waals surface area contributed by atoms with Crippen molar-refractivity contribution >= 4 is 33.2 Å². The van der Waals surface area contributed by atoms with Gasteiger partial charge in [0.1, 0.15) is 4.90 Å². The van der Waals surface area contributed by atoms with E-state index in [0.717, 1.165) is 19.3 Å². The topological polar surface area (TPSA) is 66.4 Å². The molecule has 7 heteroatoms. The Morgan fingerprint density at radius 2 is 2.00 bits per heavy atom. The van der Waals surface area contributed by atoms with Gasteiger partial charge < -0.3 is 5.11 Å². The number of sulfonamides is 1. The van der Waals surface area contributed by atoms with Gasteiger partial charge >= 0.3 is 0 Å². The predicted molar refractivity (Wildman–Crippen MR) is 79.5 cm³/mol. The molecule has 0 saturated heterocycles. The van der Waals surface area contributed by atoms with Gasteiger partial charge in [0.25, 0.3) is 0 Å². The number of halogens is 2. The molecule has 2 N–H and O–H groups in total. The number of rotatable bonds is 6. The van der Waals surface area contributed by atoms with Crippen molar-refractivity contribution in [3.63, 3.8) is 0 Å². The van der Waals surface area contributed by atoms with E-state index in [9.17, 15) is 13.5 Å². The third-order valence-corrected chi connectivity index (χ3v) is 6.09. The van der Waals surface area contributed by atoms with Gasteiger partial charge in [0, 0.05) is 11.6 Å². The first-order valence-electron chi connectivity index (χ1n) is 6.42. The Bertz CT molecular complexity index is 612. The van der Waals surface area contributed by atoms with Gasteiger partial charge in [-0.25, -0.2) is 13.1 Å². The lowest BCUT2D eigenvalue weighted by Crippen LogP contribution is -2.30. The summed E-state index contributed by atoms with van der Waals surface area (Å²) < 4.78 is 27.3. The minimum absolute atomic E-state index is 0.0192. The van der Waals surface area contributed by atoms with Gasteiger partial charge in [-0.15, -0.1) is 0 Å². The van der Waals surface area contributed by atoms with Crippen LogP contribution in [-0.4, -0.2) is 20.1 Å². The summed E-state index contributed by atoms with van der Waals surface area (Å²) in [5, 5.41) is 9.43. The predicted octanol–water partition coefficient (Wildman–Crippen LogP) is 2.95. The SMILES string of the molecule is CCC1(CNS(=O)(=O)c2cc(Cl)cc(CO)c2Cl)CC1. The number of aliphatic hydroxyl groups is 1. The van der Waals surface area contributed by atoms with Crippen molar-refractivity contribution in [1.82, 2.24) is 4.72 Å². The Labute approximate surface area is 129 Å². The van der Waals surface area contributed by atoms with Gasteiger partial charge in [0.15, 0.2) is 0 Å². The standard InChI is InChI=1S/C13H17Cl2NO3S/c1-2-13(3-4-13)8-16-20(18,19)11-6-10(14)5-9(7-17)12(11)15/h5-6,16-17H,2-4,7-8H2,1H3. The molecule has 0 radical (unpaired) electrons. The molecule has 20 heavy (non-hydrogen) atoms. The fourth-order valence-corrected chi connectivity index (χ4v) is 4.17. The molecule has 1 aromatic carbocycles. The lowest BCUT2D eigenvalue weighted by atomic mass is 10.1. The number of aliphatic hydroxyl groups excluding tert-OH is 1. The quantitative estimate of drug-likeness (QED) is 0.838. The van der Waals surface area contributed by atoms with Crippen LogP contribution < -0.4 is 4.72 Å². The van der Waals surface area contributed by atoms with Crippen LogP contribution in [0.4, 0.5) is 0 Å². The van der Waals surface area contributed by atoms with Gasteiger partial charge in [-0.2, -0.15) is 0 Å². The Kier molecular flexibility index (Phi) is 4.66. The van der Waals surface area contributed by atoms with Gasteiger partial charge in [0.05, 0.1) is 11.6 Å². The van der Waals surface area contributed by atoms with Crippen molar-refractivity contribution in [3.8, 4) is 0 Å². The summed E-state index contributed by atoms with van der Waals surface area (Å²) in [6.45, 7) is 2.10. The average molecular weight is 338 g/mol.